The third-order valence-electron chi connectivity index (χ3n) is 8.46. The van der Waals surface area contributed by atoms with Gasteiger partial charge in [0.25, 0.3) is 0 Å². The third kappa shape index (κ3) is 6.88. The van der Waals surface area contributed by atoms with Gasteiger partial charge in [0.1, 0.15) is 17.6 Å². The quantitative estimate of drug-likeness (QED) is 0.129. The van der Waals surface area contributed by atoms with Crippen LogP contribution in [0.3, 0.4) is 0 Å². The second kappa shape index (κ2) is 13.3. The van der Waals surface area contributed by atoms with Gasteiger partial charge in [0, 0.05) is 23.6 Å². The molecule has 8 atom stereocenters. The lowest BCUT2D eigenvalue weighted by Crippen LogP contribution is -2.33. The van der Waals surface area contributed by atoms with Crippen molar-refractivity contribution in [2.45, 2.75) is 37.8 Å². The Hall–Kier alpha value is -3.77. The van der Waals surface area contributed by atoms with E-state index in [0.717, 1.165) is 37.4 Å². The molecule has 0 aliphatic carbocycles. The van der Waals surface area contributed by atoms with Crippen LogP contribution in [0.1, 0.15) is 51.3 Å². The number of fused-ring (bicyclic) bond motifs is 6. The van der Waals surface area contributed by atoms with Crippen LogP contribution in [0.25, 0.3) is 0 Å². The highest BCUT2D eigenvalue weighted by molar-refractivity contribution is 7.67. The number of carbonyl (C=O) groups is 2. The Labute approximate surface area is 291 Å². The minimum Gasteiger partial charge on any atom is -0.494 e. The van der Waals surface area contributed by atoms with Crippen LogP contribution in [0.5, 0.6) is 23.0 Å². The van der Waals surface area contributed by atoms with Crippen molar-refractivity contribution >= 4 is 35.4 Å². The monoisotopic (exact) mass is 794 g/mol. The summed E-state index contributed by atoms with van der Waals surface area (Å²) in [5.41, 5.74) is -3.55. The van der Waals surface area contributed by atoms with Crippen molar-refractivity contribution in [2.75, 3.05) is 13.7 Å². The number of phosphoric acid groups is 3. The summed E-state index contributed by atoms with van der Waals surface area (Å²) in [6.07, 6.45) is -2.75. The first-order valence-electron chi connectivity index (χ1n) is 14.8. The average molecular weight is 794 g/mol. The van der Waals surface area contributed by atoms with E-state index in [4.69, 9.17) is 18.9 Å². The summed E-state index contributed by atoms with van der Waals surface area (Å²) in [4.78, 5) is 55.2. The summed E-state index contributed by atoms with van der Waals surface area (Å²) >= 11 is 0. The lowest BCUT2D eigenvalue weighted by atomic mass is 9.77. The van der Waals surface area contributed by atoms with Crippen LogP contribution >= 0.6 is 23.5 Å². The summed E-state index contributed by atoms with van der Waals surface area (Å²) in [5.74, 6) is -7.64. The Morgan fingerprint density at radius 1 is 0.885 bits per heavy atom. The molecule has 52 heavy (non-hydrogen) atoms. The smallest absolute Gasteiger partial charge is 0.494 e. The number of halogens is 2. The number of carboxylic acids is 1. The first kappa shape index (κ1) is 38.0. The molecule has 3 heterocycles. The molecular formula is C29H27F2O18P3. The van der Waals surface area contributed by atoms with E-state index in [1.165, 1.54) is 0 Å². The molecule has 3 aromatic rings. The van der Waals surface area contributed by atoms with E-state index in [1.807, 2.05) is 0 Å². The van der Waals surface area contributed by atoms with E-state index in [2.05, 4.69) is 17.7 Å². The fourth-order valence-electron chi connectivity index (χ4n) is 5.92. The predicted octanol–water partition coefficient (Wildman–Crippen LogP) is 4.75. The molecule has 280 valence electrons. The number of ether oxygens (including phenoxy) is 4. The van der Waals surface area contributed by atoms with Gasteiger partial charge in [-0.05, 0) is 37.3 Å². The zero-order valence-electron chi connectivity index (χ0n) is 26.7. The number of carboxylic acid groups (broad SMARTS) is 1. The predicted molar refractivity (Wildman–Crippen MR) is 166 cm³/mol. The van der Waals surface area contributed by atoms with Crippen LogP contribution in [0, 0.1) is 17.6 Å². The van der Waals surface area contributed by atoms with E-state index in [1.54, 1.807) is 13.8 Å². The highest BCUT2D eigenvalue weighted by Gasteiger charge is 2.55. The van der Waals surface area contributed by atoms with Crippen molar-refractivity contribution in [1.29, 1.82) is 0 Å². The Bertz CT molecular complexity index is 2150. The van der Waals surface area contributed by atoms with Crippen molar-refractivity contribution in [3.8, 4) is 23.0 Å². The van der Waals surface area contributed by atoms with Crippen LogP contribution < -0.4 is 14.0 Å². The molecular weight excluding hydrogens is 767 g/mol. The van der Waals surface area contributed by atoms with Gasteiger partial charge in [-0.3, -0.25) is 9.42 Å². The fraction of sp³-hybridized carbons (Fsp3) is 0.310. The first-order chi connectivity index (χ1) is 24.2. The van der Waals surface area contributed by atoms with E-state index in [-0.39, 0.29) is 39.3 Å². The maximum absolute atomic E-state index is 15.7. The van der Waals surface area contributed by atoms with E-state index < -0.39 is 95.0 Å². The SMILES string of the molecule is COc1cc2c(cc1F)C1(OC(=O)c3ccc(C(=O)O)cc31)c1cc(F)c(OP(=O)(O)OP(=O)(O)OP(=O)(O)OC[C@H]3O[C@@H](C)[C@@H](C)C3O)cc1O2. The molecule has 3 aromatic carbocycles. The number of aliphatic hydroxyl groups excluding tert-OH is 1. The van der Waals surface area contributed by atoms with Gasteiger partial charge in [0.2, 0.25) is 0 Å². The summed E-state index contributed by atoms with van der Waals surface area (Å²) in [7, 11) is -16.4. The van der Waals surface area contributed by atoms with Crippen LogP contribution in [0.2, 0.25) is 0 Å². The minimum atomic E-state index is -6.04. The lowest BCUT2D eigenvalue weighted by molar-refractivity contribution is -0.0167. The van der Waals surface area contributed by atoms with Crippen LogP contribution in [-0.2, 0) is 41.9 Å². The summed E-state index contributed by atoms with van der Waals surface area (Å²) < 4.78 is 108. The lowest BCUT2D eigenvalue weighted by Gasteiger charge is -2.37. The van der Waals surface area contributed by atoms with E-state index >= 15 is 8.78 Å². The van der Waals surface area contributed by atoms with Gasteiger partial charge in [-0.15, -0.1) is 0 Å². The number of hydrogen-bond donors (Lipinski definition) is 5. The van der Waals surface area contributed by atoms with Crippen LogP contribution in [0.4, 0.5) is 8.78 Å². The molecule has 23 heteroatoms. The van der Waals surface area contributed by atoms with Gasteiger partial charge in [-0.2, -0.15) is 8.62 Å². The Balaban J connectivity index is 1.31. The van der Waals surface area contributed by atoms with Crippen molar-refractivity contribution in [1.82, 2.24) is 0 Å². The van der Waals surface area contributed by atoms with Gasteiger partial charge in [0.15, 0.2) is 28.7 Å². The molecule has 1 spiro atoms. The largest absolute Gasteiger partial charge is 0.536 e. The van der Waals surface area contributed by atoms with Crippen LogP contribution in [-0.4, -0.2) is 68.9 Å². The zero-order chi connectivity index (χ0) is 38.1. The molecule has 0 bridgehead atoms. The third-order valence-corrected chi connectivity index (χ3v) is 12.7. The standard InChI is InChI=1S/C29H27F2O18P3/c1-12-13(2)44-25(26(12)32)11-43-50(36,37)48-52(40,41)49-51(38,39)47-24-10-22-18(8-20(24)31)29(17-7-19(30)23(42-3)9-21(17)45-22)16-6-14(27(33)34)4-5-15(16)28(35)46-29/h4-10,12-13,25-26,32H,11H2,1-3H3,(H,33,34)(H,36,37)(H,38,39)(H,40,41)/t12-,13+,25-,26?,29?/m1/s1. The number of rotatable bonds is 11. The van der Waals surface area contributed by atoms with E-state index in [9.17, 15) is 48.2 Å². The molecule has 5 unspecified atom stereocenters. The molecule has 18 nitrogen and oxygen atoms in total. The highest BCUT2D eigenvalue weighted by Crippen LogP contribution is 2.68. The molecule has 0 saturated carbocycles. The fourth-order valence-corrected chi connectivity index (χ4v) is 9.44. The molecule has 1 saturated heterocycles. The van der Waals surface area contributed by atoms with Gasteiger partial charge in [0.05, 0.1) is 48.2 Å². The van der Waals surface area contributed by atoms with Gasteiger partial charge < -0.3 is 43.5 Å². The summed E-state index contributed by atoms with van der Waals surface area (Å²) in [6.45, 7) is 2.44. The maximum atomic E-state index is 15.7. The van der Waals surface area contributed by atoms with Crippen LogP contribution in [0.15, 0.2) is 42.5 Å². The number of hydrogen-bond acceptors (Lipinski definition) is 14. The number of benzene rings is 3. The molecule has 6 rings (SSSR count). The topological polar surface area (TPSA) is 260 Å². The zero-order valence-corrected chi connectivity index (χ0v) is 29.4. The summed E-state index contributed by atoms with van der Waals surface area (Å²) in [5, 5.41) is 19.8. The molecule has 0 radical (unpaired) electrons. The number of aliphatic hydroxyl groups is 1. The normalized spacial score (nSPS) is 26.5. The first-order valence-corrected chi connectivity index (χ1v) is 19.3. The van der Waals surface area contributed by atoms with Crippen molar-refractivity contribution < 1.29 is 93.6 Å². The highest BCUT2D eigenvalue weighted by atomic mass is 31.3. The number of carbonyl (C=O) groups excluding carboxylic acids is 1. The molecule has 5 N–H and O–H groups in total. The number of esters is 1. The number of methoxy groups -OCH3 is 1. The Morgan fingerprint density at radius 2 is 1.48 bits per heavy atom. The Morgan fingerprint density at radius 3 is 2.06 bits per heavy atom. The minimum absolute atomic E-state index is 0.163. The second-order valence-electron chi connectivity index (χ2n) is 11.7. The molecule has 0 amide bonds. The Kier molecular flexibility index (Phi) is 9.69. The molecule has 0 aromatic heterocycles. The van der Waals surface area contributed by atoms with Gasteiger partial charge in [-0.25, -0.2) is 32.1 Å². The number of aromatic carboxylic acids is 1. The molecule has 3 aliphatic rings. The molecule has 3 aliphatic heterocycles. The van der Waals surface area contributed by atoms with Gasteiger partial charge >= 0.3 is 35.4 Å². The van der Waals surface area contributed by atoms with Crippen molar-refractivity contribution in [2.24, 2.45) is 5.92 Å². The average Bonchev–Trinajstić information content (AvgIpc) is 3.47. The number of phosphoric ester groups is 2. The van der Waals surface area contributed by atoms with Crippen molar-refractivity contribution in [3.63, 3.8) is 0 Å². The maximum Gasteiger partial charge on any atom is 0.536 e. The molecule has 1 fully saturated rings. The van der Waals surface area contributed by atoms with E-state index in [0.29, 0.717) is 12.1 Å². The summed E-state index contributed by atoms with van der Waals surface area (Å²) in [6, 6.07) is 6.39. The second-order valence-corrected chi connectivity index (χ2v) is 16.2. The van der Waals surface area contributed by atoms with Gasteiger partial charge in [-0.1, -0.05) is 6.92 Å². The van der Waals surface area contributed by atoms with Crippen molar-refractivity contribution in [3.05, 3.63) is 81.9 Å².